The molecule has 0 unspecified atom stereocenters. The summed E-state index contributed by atoms with van der Waals surface area (Å²) in [5, 5.41) is 0. The summed E-state index contributed by atoms with van der Waals surface area (Å²) < 4.78 is 6.48. The number of aryl methyl sites for hydroxylation is 1. The molecule has 0 saturated carbocycles. The highest BCUT2D eigenvalue weighted by molar-refractivity contribution is 7.16. The van der Waals surface area contributed by atoms with Crippen LogP contribution in [0.4, 0.5) is 0 Å². The van der Waals surface area contributed by atoms with Crippen molar-refractivity contribution in [1.82, 2.24) is 0 Å². The fourth-order valence-corrected chi connectivity index (χ4v) is 3.28. The van der Waals surface area contributed by atoms with Crippen LogP contribution >= 0.6 is 22.9 Å². The van der Waals surface area contributed by atoms with Gasteiger partial charge in [-0.1, -0.05) is 17.7 Å². The first-order chi connectivity index (χ1) is 9.22. The van der Waals surface area contributed by atoms with Gasteiger partial charge < -0.3 is 4.74 Å². The summed E-state index contributed by atoms with van der Waals surface area (Å²) in [6, 6.07) is 9.62. The van der Waals surface area contributed by atoms with Gasteiger partial charge in [0, 0.05) is 16.9 Å². The quantitative estimate of drug-likeness (QED) is 0.832. The highest BCUT2D eigenvalue weighted by atomic mass is 35.5. The van der Waals surface area contributed by atoms with Crippen LogP contribution in [0.25, 0.3) is 0 Å². The highest BCUT2D eigenvalue weighted by Crippen LogP contribution is 2.27. The van der Waals surface area contributed by atoms with E-state index < -0.39 is 0 Å². The molecule has 0 spiro atoms. The second-order valence-corrected chi connectivity index (χ2v) is 6.39. The standard InChI is InChI=1S/C15H13ClO2S/c16-15-7-6-12(19-15)9-18-11-5-4-10-2-1-3-14(17)13(10)8-11/h4-8H,1-3,9H2. The van der Waals surface area contributed by atoms with Gasteiger partial charge in [0.25, 0.3) is 0 Å². The molecule has 0 fully saturated rings. The van der Waals surface area contributed by atoms with Crippen molar-refractivity contribution in [2.24, 2.45) is 0 Å². The number of carbonyl (C=O) groups excluding carboxylic acids is 1. The van der Waals surface area contributed by atoms with Crippen LogP contribution in [-0.4, -0.2) is 5.78 Å². The zero-order valence-corrected chi connectivity index (χ0v) is 11.9. The third kappa shape index (κ3) is 2.82. The summed E-state index contributed by atoms with van der Waals surface area (Å²) in [7, 11) is 0. The van der Waals surface area contributed by atoms with Gasteiger partial charge in [-0.3, -0.25) is 4.79 Å². The van der Waals surface area contributed by atoms with Gasteiger partial charge in [-0.05, 0) is 42.7 Å². The predicted octanol–water partition coefficient (Wildman–Crippen LogP) is 4.50. The summed E-state index contributed by atoms with van der Waals surface area (Å²) in [6.45, 7) is 0.490. The molecule has 98 valence electrons. The maximum Gasteiger partial charge on any atom is 0.163 e. The van der Waals surface area contributed by atoms with Crippen molar-refractivity contribution < 1.29 is 9.53 Å². The smallest absolute Gasteiger partial charge is 0.163 e. The molecule has 0 aliphatic heterocycles. The van der Waals surface area contributed by atoms with Crippen molar-refractivity contribution in [3.05, 3.63) is 50.7 Å². The molecule has 1 aliphatic rings. The molecule has 0 amide bonds. The largest absolute Gasteiger partial charge is 0.488 e. The molecule has 0 atom stereocenters. The lowest BCUT2D eigenvalue weighted by Gasteiger charge is -2.15. The van der Waals surface area contributed by atoms with E-state index in [0.717, 1.165) is 38.9 Å². The molecule has 0 radical (unpaired) electrons. The SMILES string of the molecule is O=C1CCCc2ccc(OCc3ccc(Cl)s3)cc21. The van der Waals surface area contributed by atoms with Gasteiger partial charge in [-0.2, -0.15) is 0 Å². The van der Waals surface area contributed by atoms with Gasteiger partial charge in [-0.15, -0.1) is 11.3 Å². The number of ketones is 1. The molecule has 0 saturated heterocycles. The Morgan fingerprint density at radius 3 is 2.89 bits per heavy atom. The van der Waals surface area contributed by atoms with Gasteiger partial charge in [0.05, 0.1) is 4.34 Å². The molecule has 19 heavy (non-hydrogen) atoms. The van der Waals surface area contributed by atoms with Gasteiger partial charge >= 0.3 is 0 Å². The Morgan fingerprint density at radius 2 is 2.11 bits per heavy atom. The maximum atomic E-state index is 11.8. The number of halogens is 1. The van der Waals surface area contributed by atoms with Crippen molar-refractivity contribution in [3.63, 3.8) is 0 Å². The number of hydrogen-bond donors (Lipinski definition) is 0. The summed E-state index contributed by atoms with van der Waals surface area (Å²) in [4.78, 5) is 12.9. The van der Waals surface area contributed by atoms with Crippen LogP contribution in [0.3, 0.4) is 0 Å². The fourth-order valence-electron chi connectivity index (χ4n) is 2.28. The topological polar surface area (TPSA) is 26.3 Å². The number of rotatable bonds is 3. The molecule has 0 bridgehead atoms. The first-order valence-electron chi connectivity index (χ1n) is 6.25. The first kappa shape index (κ1) is 12.7. The Balaban J connectivity index is 1.75. The fraction of sp³-hybridized carbons (Fsp3) is 0.267. The van der Waals surface area contributed by atoms with E-state index in [4.69, 9.17) is 16.3 Å². The molecule has 4 heteroatoms. The van der Waals surface area contributed by atoms with Crippen LogP contribution in [0.15, 0.2) is 30.3 Å². The third-order valence-electron chi connectivity index (χ3n) is 3.24. The van der Waals surface area contributed by atoms with Crippen molar-refractivity contribution in [1.29, 1.82) is 0 Å². The van der Waals surface area contributed by atoms with Crippen LogP contribution in [0, 0.1) is 0 Å². The van der Waals surface area contributed by atoms with E-state index in [-0.39, 0.29) is 5.78 Å². The summed E-state index contributed by atoms with van der Waals surface area (Å²) >= 11 is 7.38. The van der Waals surface area contributed by atoms with E-state index in [0.29, 0.717) is 13.0 Å². The number of Topliss-reactive ketones (excluding diaryl/α,β-unsaturated/α-hetero) is 1. The van der Waals surface area contributed by atoms with Crippen LogP contribution in [-0.2, 0) is 13.0 Å². The maximum absolute atomic E-state index is 11.8. The number of carbonyl (C=O) groups is 1. The average molecular weight is 293 g/mol. The molecule has 3 rings (SSSR count). The van der Waals surface area contributed by atoms with Crippen molar-refractivity contribution >= 4 is 28.7 Å². The number of hydrogen-bond acceptors (Lipinski definition) is 3. The van der Waals surface area contributed by atoms with E-state index in [2.05, 4.69) is 0 Å². The lowest BCUT2D eigenvalue weighted by atomic mass is 9.90. The lowest BCUT2D eigenvalue weighted by molar-refractivity contribution is 0.0972. The van der Waals surface area contributed by atoms with Gasteiger partial charge in [-0.25, -0.2) is 0 Å². The number of ether oxygens (including phenoxy) is 1. The molecule has 2 nitrogen and oxygen atoms in total. The second kappa shape index (κ2) is 5.35. The molecule has 1 aromatic heterocycles. The van der Waals surface area contributed by atoms with E-state index in [9.17, 15) is 4.79 Å². The molecular formula is C15H13ClO2S. The third-order valence-corrected chi connectivity index (χ3v) is 4.45. The van der Waals surface area contributed by atoms with Gasteiger partial charge in [0.2, 0.25) is 0 Å². The zero-order chi connectivity index (χ0) is 13.2. The zero-order valence-electron chi connectivity index (χ0n) is 10.3. The molecule has 1 heterocycles. The first-order valence-corrected chi connectivity index (χ1v) is 7.45. The predicted molar refractivity (Wildman–Crippen MR) is 77.4 cm³/mol. The molecule has 1 aliphatic carbocycles. The molecule has 0 N–H and O–H groups in total. The van der Waals surface area contributed by atoms with E-state index in [1.54, 1.807) is 0 Å². The minimum Gasteiger partial charge on any atom is -0.488 e. The Morgan fingerprint density at radius 1 is 1.21 bits per heavy atom. The van der Waals surface area contributed by atoms with Crippen LogP contribution < -0.4 is 4.74 Å². The van der Waals surface area contributed by atoms with Crippen LogP contribution in [0.2, 0.25) is 4.34 Å². The summed E-state index contributed by atoms with van der Waals surface area (Å²) in [5.74, 6) is 0.976. The number of thiophene rings is 1. The minimum absolute atomic E-state index is 0.228. The van der Waals surface area contributed by atoms with Crippen LogP contribution in [0.1, 0.15) is 33.6 Å². The Labute approximate surface area is 121 Å². The number of fused-ring (bicyclic) bond motifs is 1. The normalized spacial score (nSPS) is 14.3. The molecular weight excluding hydrogens is 280 g/mol. The van der Waals surface area contributed by atoms with Gasteiger partial charge in [0.1, 0.15) is 12.4 Å². The van der Waals surface area contributed by atoms with Gasteiger partial charge in [0.15, 0.2) is 5.78 Å². The Kier molecular flexibility index (Phi) is 3.58. The van der Waals surface area contributed by atoms with E-state index in [1.807, 2.05) is 30.3 Å². The van der Waals surface area contributed by atoms with Crippen molar-refractivity contribution in [3.8, 4) is 5.75 Å². The molecule has 1 aromatic carbocycles. The van der Waals surface area contributed by atoms with Crippen molar-refractivity contribution in [2.75, 3.05) is 0 Å². The van der Waals surface area contributed by atoms with E-state index >= 15 is 0 Å². The van der Waals surface area contributed by atoms with Crippen molar-refractivity contribution in [2.45, 2.75) is 25.9 Å². The highest BCUT2D eigenvalue weighted by Gasteiger charge is 2.17. The number of benzene rings is 1. The second-order valence-electron chi connectivity index (χ2n) is 4.59. The summed E-state index contributed by atoms with van der Waals surface area (Å²) in [5.41, 5.74) is 1.97. The average Bonchev–Trinajstić information content (AvgIpc) is 2.83. The Bertz CT molecular complexity index is 618. The minimum atomic E-state index is 0.228. The van der Waals surface area contributed by atoms with E-state index in [1.165, 1.54) is 11.3 Å². The monoisotopic (exact) mass is 292 g/mol. The molecule has 2 aromatic rings. The Hall–Kier alpha value is -1.32. The van der Waals surface area contributed by atoms with Crippen LogP contribution in [0.5, 0.6) is 5.75 Å². The summed E-state index contributed by atoms with van der Waals surface area (Å²) in [6.07, 6.45) is 2.60. The lowest BCUT2D eigenvalue weighted by Crippen LogP contribution is -2.10.